The summed E-state index contributed by atoms with van der Waals surface area (Å²) in [5, 5.41) is 9.14. The highest BCUT2D eigenvalue weighted by molar-refractivity contribution is 5.83. The number of hydrogen-bond donors (Lipinski definition) is 1. The molecule has 22 heavy (non-hydrogen) atoms. The lowest BCUT2D eigenvalue weighted by Gasteiger charge is -2.04. The first-order valence-electron chi connectivity index (χ1n) is 7.00. The van der Waals surface area contributed by atoms with Gasteiger partial charge in [-0.05, 0) is 37.3 Å². The highest BCUT2D eigenvalue weighted by atomic mass is 16.3. The van der Waals surface area contributed by atoms with Gasteiger partial charge in [-0.2, -0.15) is 0 Å². The fourth-order valence-electron chi connectivity index (χ4n) is 2.69. The van der Waals surface area contributed by atoms with E-state index < -0.39 is 0 Å². The Morgan fingerprint density at radius 1 is 1.18 bits per heavy atom. The molecule has 4 rings (SSSR count). The summed E-state index contributed by atoms with van der Waals surface area (Å²) in [5.74, 6) is 0.686. The summed E-state index contributed by atoms with van der Waals surface area (Å²) >= 11 is 0. The van der Waals surface area contributed by atoms with Crippen LogP contribution in [0.3, 0.4) is 0 Å². The average Bonchev–Trinajstić information content (AvgIpc) is 2.84. The molecular weight excluding hydrogens is 276 g/mol. The van der Waals surface area contributed by atoms with E-state index in [-0.39, 0.29) is 5.55 Å². The summed E-state index contributed by atoms with van der Waals surface area (Å²) < 4.78 is 7.53. The van der Waals surface area contributed by atoms with Gasteiger partial charge in [0.05, 0.1) is 5.56 Å². The van der Waals surface area contributed by atoms with Crippen molar-refractivity contribution in [2.45, 2.75) is 6.92 Å². The number of rotatable bonds is 1. The molecule has 4 aromatic rings. The smallest absolute Gasteiger partial charge is 0.223 e. The van der Waals surface area contributed by atoms with E-state index in [0.717, 1.165) is 22.1 Å². The van der Waals surface area contributed by atoms with Crippen LogP contribution in [-0.2, 0) is 7.05 Å². The monoisotopic (exact) mass is 290 g/mol. The zero-order valence-corrected chi connectivity index (χ0v) is 12.3. The lowest BCUT2D eigenvalue weighted by molar-refractivity contribution is 0.534. The largest absolute Gasteiger partial charge is 0.438 e. The summed E-state index contributed by atoms with van der Waals surface area (Å²) in [7, 11) is 1.90. The lowest BCUT2D eigenvalue weighted by Crippen LogP contribution is -2.07. The molecule has 0 radical (unpaired) electrons. The molecule has 5 heteroatoms. The minimum Gasteiger partial charge on any atom is -0.438 e. The van der Waals surface area contributed by atoms with E-state index in [1.807, 2.05) is 54.9 Å². The molecule has 5 nitrogen and oxygen atoms in total. The van der Waals surface area contributed by atoms with Gasteiger partial charge in [0.2, 0.25) is 5.55 Å². The van der Waals surface area contributed by atoms with E-state index in [0.29, 0.717) is 17.0 Å². The number of benzene rings is 1. The highest BCUT2D eigenvalue weighted by Gasteiger charge is 2.14. The quantitative estimate of drug-likeness (QED) is 0.585. The fourth-order valence-corrected chi connectivity index (χ4v) is 2.69. The Morgan fingerprint density at radius 3 is 2.86 bits per heavy atom. The minimum atomic E-state index is 0.106. The molecule has 108 valence electrons. The van der Waals surface area contributed by atoms with Crippen LogP contribution in [0.4, 0.5) is 0 Å². The predicted octanol–water partition coefficient (Wildman–Crippen LogP) is 3.17. The number of aryl methyl sites for hydroxylation is 2. The van der Waals surface area contributed by atoms with Crippen molar-refractivity contribution in [3.63, 3.8) is 0 Å². The Balaban J connectivity index is 2.05. The summed E-state index contributed by atoms with van der Waals surface area (Å²) in [6.07, 6.45) is 1.74. The second-order valence-corrected chi connectivity index (χ2v) is 5.37. The molecule has 0 aliphatic heterocycles. The van der Waals surface area contributed by atoms with Gasteiger partial charge in [-0.3, -0.25) is 5.41 Å². The Bertz CT molecular complexity index is 1080. The van der Waals surface area contributed by atoms with E-state index >= 15 is 0 Å². The van der Waals surface area contributed by atoms with Gasteiger partial charge in [-0.25, -0.2) is 9.97 Å². The van der Waals surface area contributed by atoms with Crippen LogP contribution in [0.25, 0.3) is 33.5 Å². The first kappa shape index (κ1) is 12.8. The van der Waals surface area contributed by atoms with Crippen molar-refractivity contribution in [3.8, 4) is 11.4 Å². The first-order valence-corrected chi connectivity index (χ1v) is 7.00. The van der Waals surface area contributed by atoms with Crippen molar-refractivity contribution in [1.82, 2.24) is 14.5 Å². The standard InChI is InChI=1S/C17H14N4O/c1-10-5-6-14-11(8-10)9-12(15(18)22-14)16-20-13-4-3-7-19-17(13)21(16)2/h3-9,18H,1-2H3. The van der Waals surface area contributed by atoms with Crippen molar-refractivity contribution in [2.75, 3.05) is 0 Å². The number of imidazole rings is 1. The zero-order valence-electron chi connectivity index (χ0n) is 12.3. The van der Waals surface area contributed by atoms with Crippen molar-refractivity contribution < 1.29 is 4.42 Å². The van der Waals surface area contributed by atoms with Crippen LogP contribution >= 0.6 is 0 Å². The first-order chi connectivity index (χ1) is 10.6. The van der Waals surface area contributed by atoms with Crippen LogP contribution in [0, 0.1) is 12.3 Å². The molecule has 0 aliphatic carbocycles. The van der Waals surface area contributed by atoms with Crippen LogP contribution in [-0.4, -0.2) is 14.5 Å². The van der Waals surface area contributed by atoms with Gasteiger partial charge < -0.3 is 8.98 Å². The topological polar surface area (TPSA) is 67.7 Å². The Hall–Kier alpha value is -2.95. The van der Waals surface area contributed by atoms with Gasteiger partial charge in [-0.1, -0.05) is 11.6 Å². The molecule has 0 unspecified atom stereocenters. The SMILES string of the molecule is Cc1ccc2oc(=N)c(-c3nc4cccnc4n3C)cc2c1. The number of aromatic nitrogens is 3. The predicted molar refractivity (Wildman–Crippen MR) is 84.3 cm³/mol. The van der Waals surface area contributed by atoms with Crippen LogP contribution in [0.1, 0.15) is 5.56 Å². The second kappa shape index (κ2) is 4.53. The van der Waals surface area contributed by atoms with Gasteiger partial charge in [0.15, 0.2) is 5.65 Å². The van der Waals surface area contributed by atoms with E-state index in [2.05, 4.69) is 9.97 Å². The van der Waals surface area contributed by atoms with Crippen LogP contribution in [0.5, 0.6) is 0 Å². The Labute approximate surface area is 126 Å². The van der Waals surface area contributed by atoms with Gasteiger partial charge in [0.1, 0.15) is 16.9 Å². The van der Waals surface area contributed by atoms with Gasteiger partial charge >= 0.3 is 0 Å². The number of pyridine rings is 1. The molecule has 0 saturated heterocycles. The molecule has 0 bridgehead atoms. The summed E-state index contributed by atoms with van der Waals surface area (Å²) in [5.41, 5.74) is 4.23. The third kappa shape index (κ3) is 1.83. The molecule has 0 spiro atoms. The maximum atomic E-state index is 8.17. The molecule has 0 saturated carbocycles. The van der Waals surface area contributed by atoms with Gasteiger partial charge in [0, 0.05) is 18.6 Å². The minimum absolute atomic E-state index is 0.106. The molecule has 0 aliphatic rings. The second-order valence-electron chi connectivity index (χ2n) is 5.37. The maximum Gasteiger partial charge on any atom is 0.223 e. The molecule has 0 amide bonds. The van der Waals surface area contributed by atoms with Crippen molar-refractivity contribution >= 4 is 22.1 Å². The Kier molecular flexibility index (Phi) is 2.63. The number of nitrogens with one attached hydrogen (secondary N) is 1. The normalized spacial score (nSPS) is 11.4. The molecular formula is C17H14N4O. The molecule has 3 aromatic heterocycles. The number of nitrogens with zero attached hydrogens (tertiary/aromatic N) is 3. The number of fused-ring (bicyclic) bond motifs is 2. The summed E-state index contributed by atoms with van der Waals surface area (Å²) in [6, 6.07) is 11.6. The van der Waals surface area contributed by atoms with Crippen LogP contribution in [0.2, 0.25) is 0 Å². The van der Waals surface area contributed by atoms with E-state index in [1.54, 1.807) is 6.20 Å². The molecule has 3 heterocycles. The number of hydrogen-bond acceptors (Lipinski definition) is 4. The maximum absolute atomic E-state index is 8.17. The molecule has 0 fully saturated rings. The van der Waals surface area contributed by atoms with Crippen LogP contribution < -0.4 is 5.55 Å². The average molecular weight is 290 g/mol. The van der Waals surface area contributed by atoms with Crippen molar-refractivity contribution in [1.29, 1.82) is 5.41 Å². The zero-order chi connectivity index (χ0) is 15.3. The van der Waals surface area contributed by atoms with Gasteiger partial charge in [0.25, 0.3) is 0 Å². The molecule has 0 atom stereocenters. The third-order valence-electron chi connectivity index (χ3n) is 3.79. The fraction of sp³-hybridized carbons (Fsp3) is 0.118. The molecule has 1 N–H and O–H groups in total. The third-order valence-corrected chi connectivity index (χ3v) is 3.79. The lowest BCUT2D eigenvalue weighted by atomic mass is 10.1. The Morgan fingerprint density at radius 2 is 2.05 bits per heavy atom. The summed E-state index contributed by atoms with van der Waals surface area (Å²) in [6.45, 7) is 2.03. The van der Waals surface area contributed by atoms with Crippen molar-refractivity contribution in [2.24, 2.45) is 7.05 Å². The van der Waals surface area contributed by atoms with Crippen LogP contribution in [0.15, 0.2) is 47.0 Å². The highest BCUT2D eigenvalue weighted by Crippen LogP contribution is 2.23. The van der Waals surface area contributed by atoms with E-state index in [1.165, 1.54) is 0 Å². The van der Waals surface area contributed by atoms with E-state index in [4.69, 9.17) is 9.83 Å². The van der Waals surface area contributed by atoms with Crippen molar-refractivity contribution in [3.05, 3.63) is 53.7 Å². The van der Waals surface area contributed by atoms with E-state index in [9.17, 15) is 0 Å². The summed E-state index contributed by atoms with van der Waals surface area (Å²) in [4.78, 5) is 8.93. The van der Waals surface area contributed by atoms with Gasteiger partial charge in [-0.15, -0.1) is 0 Å². The molecule has 1 aromatic carbocycles.